The minimum Gasteiger partial charge on any atom is -0.460 e. The molecule has 0 bridgehead atoms. The van der Waals surface area contributed by atoms with Crippen LogP contribution >= 0.6 is 11.3 Å². The number of rotatable bonds is 4. The maximum absolute atomic E-state index is 12.8. The number of carbonyl (C=O) groups excluding carboxylic acids is 4. The number of likely N-dealkylation sites (tertiary alicyclic amines) is 2. The summed E-state index contributed by atoms with van der Waals surface area (Å²) in [7, 11) is 0. The second-order valence-electron chi connectivity index (χ2n) is 9.34. The summed E-state index contributed by atoms with van der Waals surface area (Å²) in [6.07, 6.45) is 2.33. The molecule has 3 rings (SSSR count). The van der Waals surface area contributed by atoms with Gasteiger partial charge in [0.05, 0.1) is 9.75 Å². The molecule has 0 saturated carbocycles. The van der Waals surface area contributed by atoms with E-state index in [0.29, 0.717) is 35.9 Å². The standard InChI is InChI=1S/C22H30N2O5S/c1-15(25)16-5-6-17(30-16)20(28)23-10-7-22(8-11-23)9-12-24(14-22)18(26)13-19(27)29-21(2,3)4/h5-6H,7-14H2,1-4H3. The molecular formula is C22H30N2O5S. The van der Waals surface area contributed by atoms with E-state index >= 15 is 0 Å². The SMILES string of the molecule is CC(=O)c1ccc(C(=O)N2CCC3(CCN(C(=O)CC(=O)OC(C)(C)C)C3)CC2)s1. The quantitative estimate of drug-likeness (QED) is 0.413. The average molecular weight is 435 g/mol. The van der Waals surface area contributed by atoms with Gasteiger partial charge in [0.25, 0.3) is 5.91 Å². The molecule has 8 heteroatoms. The van der Waals surface area contributed by atoms with Gasteiger partial charge in [0, 0.05) is 26.2 Å². The van der Waals surface area contributed by atoms with Gasteiger partial charge in [-0.15, -0.1) is 11.3 Å². The van der Waals surface area contributed by atoms with Crippen LogP contribution in [0.4, 0.5) is 0 Å². The fourth-order valence-electron chi connectivity index (χ4n) is 4.15. The van der Waals surface area contributed by atoms with Crippen LogP contribution in [0.2, 0.25) is 0 Å². The Labute approximate surface area is 181 Å². The molecule has 7 nitrogen and oxygen atoms in total. The molecule has 0 radical (unpaired) electrons. The average Bonchev–Trinajstić information content (AvgIpc) is 3.28. The van der Waals surface area contributed by atoms with Gasteiger partial charge in [0.2, 0.25) is 5.91 Å². The fourth-order valence-corrected chi connectivity index (χ4v) is 5.02. The number of ketones is 1. The number of amides is 2. The lowest BCUT2D eigenvalue weighted by atomic mass is 9.77. The number of Topliss-reactive ketones (excluding diaryl/α,β-unsaturated/α-hetero) is 1. The van der Waals surface area contributed by atoms with Crippen LogP contribution in [0, 0.1) is 5.41 Å². The summed E-state index contributed by atoms with van der Waals surface area (Å²) in [6.45, 7) is 9.40. The molecule has 2 saturated heterocycles. The van der Waals surface area contributed by atoms with Crippen LogP contribution in [0.5, 0.6) is 0 Å². The molecule has 2 fully saturated rings. The van der Waals surface area contributed by atoms with Gasteiger partial charge in [-0.3, -0.25) is 19.2 Å². The molecule has 1 aromatic heterocycles. The van der Waals surface area contributed by atoms with Crippen molar-refractivity contribution in [3.05, 3.63) is 21.9 Å². The number of hydrogen-bond donors (Lipinski definition) is 0. The van der Waals surface area contributed by atoms with Gasteiger partial charge < -0.3 is 14.5 Å². The third-order valence-corrected chi connectivity index (χ3v) is 6.96. The molecule has 0 unspecified atom stereocenters. The Bertz CT molecular complexity index is 846. The first-order chi connectivity index (χ1) is 14.0. The molecule has 0 aliphatic carbocycles. The molecular weight excluding hydrogens is 404 g/mol. The van der Waals surface area contributed by atoms with Crippen molar-refractivity contribution in [3.8, 4) is 0 Å². The van der Waals surface area contributed by atoms with E-state index in [9.17, 15) is 19.2 Å². The Morgan fingerprint density at radius 1 is 1.00 bits per heavy atom. The third kappa shape index (κ3) is 5.28. The lowest BCUT2D eigenvalue weighted by Crippen LogP contribution is -2.44. The Kier molecular flexibility index (Phi) is 6.36. The Morgan fingerprint density at radius 3 is 2.10 bits per heavy atom. The molecule has 1 spiro atoms. The van der Waals surface area contributed by atoms with Gasteiger partial charge in [0.1, 0.15) is 12.0 Å². The van der Waals surface area contributed by atoms with Crippen LogP contribution in [0.15, 0.2) is 12.1 Å². The van der Waals surface area contributed by atoms with Crippen molar-refractivity contribution in [2.24, 2.45) is 5.41 Å². The zero-order chi connectivity index (χ0) is 22.1. The van der Waals surface area contributed by atoms with Crippen LogP contribution < -0.4 is 0 Å². The van der Waals surface area contributed by atoms with E-state index in [1.54, 1.807) is 37.8 Å². The largest absolute Gasteiger partial charge is 0.460 e. The Balaban J connectivity index is 1.52. The summed E-state index contributed by atoms with van der Waals surface area (Å²) in [6, 6.07) is 3.43. The number of hydrogen-bond acceptors (Lipinski definition) is 6. The number of nitrogens with zero attached hydrogens (tertiary/aromatic N) is 2. The summed E-state index contributed by atoms with van der Waals surface area (Å²) in [5.74, 6) is -0.735. The van der Waals surface area contributed by atoms with Gasteiger partial charge in [-0.25, -0.2) is 0 Å². The molecule has 3 heterocycles. The molecule has 2 aliphatic heterocycles. The highest BCUT2D eigenvalue weighted by molar-refractivity contribution is 7.15. The Morgan fingerprint density at radius 2 is 1.57 bits per heavy atom. The summed E-state index contributed by atoms with van der Waals surface area (Å²) < 4.78 is 5.25. The fraction of sp³-hybridized carbons (Fsp3) is 0.636. The second kappa shape index (κ2) is 8.49. The molecule has 0 N–H and O–H groups in total. The predicted octanol–water partition coefficient (Wildman–Crippen LogP) is 3.14. The maximum atomic E-state index is 12.8. The topological polar surface area (TPSA) is 84.0 Å². The Hall–Kier alpha value is -2.22. The smallest absolute Gasteiger partial charge is 0.315 e. The molecule has 0 atom stereocenters. The first-order valence-corrected chi connectivity index (χ1v) is 11.2. The van der Waals surface area contributed by atoms with Crippen molar-refractivity contribution in [2.75, 3.05) is 26.2 Å². The highest BCUT2D eigenvalue weighted by Gasteiger charge is 2.43. The summed E-state index contributed by atoms with van der Waals surface area (Å²) >= 11 is 1.24. The highest BCUT2D eigenvalue weighted by Crippen LogP contribution is 2.41. The van der Waals surface area contributed by atoms with Gasteiger partial charge in [0.15, 0.2) is 5.78 Å². The zero-order valence-electron chi connectivity index (χ0n) is 18.2. The molecule has 2 amide bonds. The summed E-state index contributed by atoms with van der Waals surface area (Å²) in [5.41, 5.74) is -0.586. The number of piperidine rings is 1. The molecule has 1 aromatic rings. The van der Waals surface area contributed by atoms with Crippen LogP contribution in [0.3, 0.4) is 0 Å². The van der Waals surface area contributed by atoms with E-state index in [1.807, 2.05) is 4.90 Å². The maximum Gasteiger partial charge on any atom is 0.315 e. The highest BCUT2D eigenvalue weighted by atomic mass is 32.1. The summed E-state index contributed by atoms with van der Waals surface area (Å²) in [4.78, 5) is 53.5. The molecule has 30 heavy (non-hydrogen) atoms. The molecule has 2 aliphatic rings. The first-order valence-electron chi connectivity index (χ1n) is 10.4. The van der Waals surface area contributed by atoms with E-state index in [-0.39, 0.29) is 29.4 Å². The lowest BCUT2D eigenvalue weighted by molar-refractivity contribution is -0.158. The van der Waals surface area contributed by atoms with Crippen molar-refractivity contribution in [1.29, 1.82) is 0 Å². The van der Waals surface area contributed by atoms with Crippen LogP contribution in [0.1, 0.15) is 72.7 Å². The van der Waals surface area contributed by atoms with Crippen LogP contribution in [-0.2, 0) is 14.3 Å². The third-order valence-electron chi connectivity index (χ3n) is 5.78. The minimum atomic E-state index is -0.600. The van der Waals surface area contributed by atoms with E-state index in [4.69, 9.17) is 4.74 Å². The summed E-state index contributed by atoms with van der Waals surface area (Å²) in [5, 5.41) is 0. The van der Waals surface area contributed by atoms with Crippen molar-refractivity contribution in [1.82, 2.24) is 9.80 Å². The van der Waals surface area contributed by atoms with Crippen LogP contribution in [0.25, 0.3) is 0 Å². The van der Waals surface area contributed by atoms with Crippen molar-refractivity contribution >= 4 is 34.9 Å². The first kappa shape index (κ1) is 22.5. The molecule has 164 valence electrons. The predicted molar refractivity (Wildman–Crippen MR) is 114 cm³/mol. The molecule has 0 aromatic carbocycles. The van der Waals surface area contributed by atoms with Gasteiger partial charge in [-0.1, -0.05) is 0 Å². The van der Waals surface area contributed by atoms with Gasteiger partial charge >= 0.3 is 5.97 Å². The van der Waals surface area contributed by atoms with Crippen molar-refractivity contribution in [3.63, 3.8) is 0 Å². The monoisotopic (exact) mass is 434 g/mol. The van der Waals surface area contributed by atoms with E-state index in [2.05, 4.69) is 0 Å². The van der Waals surface area contributed by atoms with Gasteiger partial charge in [-0.05, 0) is 64.5 Å². The van der Waals surface area contributed by atoms with Crippen molar-refractivity contribution < 1.29 is 23.9 Å². The second-order valence-corrected chi connectivity index (χ2v) is 10.4. The van der Waals surface area contributed by atoms with Crippen LogP contribution in [-0.4, -0.2) is 65.1 Å². The minimum absolute atomic E-state index is 0.0143. The number of thiophene rings is 1. The van der Waals surface area contributed by atoms with E-state index < -0.39 is 11.6 Å². The van der Waals surface area contributed by atoms with Crippen molar-refractivity contribution in [2.45, 2.75) is 59.0 Å². The number of esters is 1. The zero-order valence-corrected chi connectivity index (χ0v) is 19.0. The van der Waals surface area contributed by atoms with E-state index in [1.165, 1.54) is 18.3 Å². The number of ether oxygens (including phenoxy) is 1. The van der Waals surface area contributed by atoms with E-state index in [0.717, 1.165) is 19.3 Å². The number of carbonyl (C=O) groups is 4. The normalized spacial score (nSPS) is 18.5. The van der Waals surface area contributed by atoms with Gasteiger partial charge in [-0.2, -0.15) is 0 Å². The lowest BCUT2D eigenvalue weighted by Gasteiger charge is -2.39.